The van der Waals surface area contributed by atoms with Gasteiger partial charge in [0.05, 0.1) is 0 Å². The number of ether oxygens (including phenoxy) is 1. The zero-order valence-electron chi connectivity index (χ0n) is 21.9. The number of amides is 2. The van der Waals surface area contributed by atoms with Crippen LogP contribution in [0.3, 0.4) is 0 Å². The molecule has 2 rings (SSSR count). The van der Waals surface area contributed by atoms with E-state index in [0.29, 0.717) is 0 Å². The van der Waals surface area contributed by atoms with Gasteiger partial charge in [0, 0.05) is 6.04 Å². The Morgan fingerprint density at radius 3 is 1.68 bits per heavy atom. The molecule has 0 aromatic heterocycles. The topological polar surface area (TPSA) is 67.4 Å². The number of benzene rings is 2. The summed E-state index contributed by atoms with van der Waals surface area (Å²) in [5, 5.41) is 8.64. The summed E-state index contributed by atoms with van der Waals surface area (Å²) in [5.41, 5.74) is -1.11. The third kappa shape index (κ3) is 8.76. The molecule has 34 heavy (non-hydrogen) atoms. The van der Waals surface area contributed by atoms with Gasteiger partial charge in [-0.15, -0.1) is 0 Å². The predicted octanol–water partition coefficient (Wildman–Crippen LogP) is 5.20. The van der Waals surface area contributed by atoms with Crippen LogP contribution in [0, 0.1) is 11.3 Å². The number of alkyl carbamates (subject to hydrolysis) is 1. The van der Waals surface area contributed by atoms with Crippen molar-refractivity contribution in [2.75, 3.05) is 6.16 Å². The summed E-state index contributed by atoms with van der Waals surface area (Å²) in [4.78, 5) is 26.0. The Morgan fingerprint density at radius 1 is 0.824 bits per heavy atom. The van der Waals surface area contributed by atoms with E-state index in [1.807, 2.05) is 53.7 Å². The van der Waals surface area contributed by atoms with Gasteiger partial charge in [-0.1, -0.05) is 95.3 Å². The van der Waals surface area contributed by atoms with Gasteiger partial charge >= 0.3 is 6.09 Å². The van der Waals surface area contributed by atoms with Crippen LogP contribution in [0.4, 0.5) is 4.79 Å². The highest BCUT2D eigenvalue weighted by Gasteiger charge is 2.36. The maximum absolute atomic E-state index is 13.5. The van der Waals surface area contributed by atoms with Crippen LogP contribution in [0.5, 0.6) is 0 Å². The zero-order valence-corrected chi connectivity index (χ0v) is 22.8. The van der Waals surface area contributed by atoms with E-state index in [0.717, 1.165) is 6.16 Å². The summed E-state index contributed by atoms with van der Waals surface area (Å²) in [7, 11) is -0.663. The highest BCUT2D eigenvalue weighted by atomic mass is 31.1. The lowest BCUT2D eigenvalue weighted by Gasteiger charge is -2.34. The van der Waals surface area contributed by atoms with E-state index in [4.69, 9.17) is 4.74 Å². The molecule has 2 N–H and O–H groups in total. The van der Waals surface area contributed by atoms with Gasteiger partial charge in [0.25, 0.3) is 0 Å². The van der Waals surface area contributed by atoms with Crippen molar-refractivity contribution in [3.05, 3.63) is 60.7 Å². The highest BCUT2D eigenvalue weighted by molar-refractivity contribution is 7.73. The molecule has 0 unspecified atom stereocenters. The van der Waals surface area contributed by atoms with Crippen molar-refractivity contribution in [3.63, 3.8) is 0 Å². The largest absolute Gasteiger partial charge is 0.444 e. The van der Waals surface area contributed by atoms with Crippen molar-refractivity contribution in [2.24, 2.45) is 11.3 Å². The predicted molar refractivity (Wildman–Crippen MR) is 143 cm³/mol. The van der Waals surface area contributed by atoms with Gasteiger partial charge in [-0.25, -0.2) is 4.79 Å². The molecule has 0 aliphatic rings. The van der Waals surface area contributed by atoms with Crippen LogP contribution in [0.1, 0.15) is 55.4 Å². The summed E-state index contributed by atoms with van der Waals surface area (Å²) in [5.74, 6) is 0.0386. The molecule has 0 saturated heterocycles. The second-order valence-corrected chi connectivity index (χ2v) is 13.3. The monoisotopic (exact) mass is 484 g/mol. The first kappa shape index (κ1) is 27.9. The third-order valence-electron chi connectivity index (χ3n) is 5.44. The van der Waals surface area contributed by atoms with E-state index >= 15 is 0 Å². The molecule has 5 nitrogen and oxygen atoms in total. The van der Waals surface area contributed by atoms with Crippen LogP contribution >= 0.6 is 7.92 Å². The van der Waals surface area contributed by atoms with Gasteiger partial charge in [-0.2, -0.15) is 0 Å². The summed E-state index contributed by atoms with van der Waals surface area (Å²) in [6.45, 7) is 15.5. The molecule has 0 aliphatic heterocycles. The number of nitrogens with one attached hydrogen (secondary N) is 2. The van der Waals surface area contributed by atoms with E-state index in [1.54, 1.807) is 0 Å². The second kappa shape index (κ2) is 11.8. The van der Waals surface area contributed by atoms with Crippen molar-refractivity contribution >= 4 is 30.5 Å². The Bertz CT molecular complexity index is 879. The zero-order chi connectivity index (χ0) is 25.5. The Labute approximate surface area is 206 Å². The van der Waals surface area contributed by atoms with Crippen LogP contribution in [-0.2, 0) is 9.53 Å². The molecule has 6 heteroatoms. The molecule has 0 spiro atoms. The van der Waals surface area contributed by atoms with E-state index in [1.165, 1.54) is 10.6 Å². The highest BCUT2D eigenvalue weighted by Crippen LogP contribution is 2.35. The number of carbonyl (C=O) groups excluding carboxylic acids is 2. The van der Waals surface area contributed by atoms with Crippen molar-refractivity contribution in [1.29, 1.82) is 0 Å². The van der Waals surface area contributed by atoms with Gasteiger partial charge in [-0.3, -0.25) is 4.79 Å². The average Bonchev–Trinajstić information content (AvgIpc) is 2.73. The molecule has 0 fully saturated rings. The molecule has 186 valence electrons. The molecule has 0 radical (unpaired) electrons. The minimum atomic E-state index is -0.719. The van der Waals surface area contributed by atoms with Crippen LogP contribution in [-0.4, -0.2) is 35.8 Å². The fourth-order valence-electron chi connectivity index (χ4n) is 3.56. The van der Waals surface area contributed by atoms with Gasteiger partial charge in [0.1, 0.15) is 11.6 Å². The normalized spacial score (nSPS) is 13.9. The Morgan fingerprint density at radius 2 is 1.29 bits per heavy atom. The van der Waals surface area contributed by atoms with Crippen LogP contribution in [0.25, 0.3) is 0 Å². The van der Waals surface area contributed by atoms with Gasteiger partial charge < -0.3 is 15.4 Å². The van der Waals surface area contributed by atoms with Crippen LogP contribution in [0.15, 0.2) is 60.7 Å². The molecule has 0 aliphatic carbocycles. The van der Waals surface area contributed by atoms with Crippen LogP contribution < -0.4 is 21.2 Å². The molecule has 2 aromatic carbocycles. The first-order chi connectivity index (χ1) is 15.8. The molecule has 0 bridgehead atoms. The first-order valence-corrected chi connectivity index (χ1v) is 13.5. The number of carbonyl (C=O) groups is 2. The lowest BCUT2D eigenvalue weighted by Crippen LogP contribution is -2.57. The van der Waals surface area contributed by atoms with E-state index in [-0.39, 0.29) is 17.9 Å². The first-order valence-electron chi connectivity index (χ1n) is 12.0. The fourth-order valence-corrected chi connectivity index (χ4v) is 6.25. The number of hydrogen-bond donors (Lipinski definition) is 2. The standard InChI is InChI=1S/C28H41N2O3P/c1-20(2)23(19-34(21-15-11-9-12-16-21)22-17-13-10-14-18-22)29-25(31)24(27(3,4)5)30-26(32)33-28(6,7)8/h9-18,20,23-24H,19H2,1-8H3,(H,29,31)(H,30,32)/t23-,24+/m1/s1. The van der Waals surface area contributed by atoms with Crippen molar-refractivity contribution in [2.45, 2.75) is 73.1 Å². The lowest BCUT2D eigenvalue weighted by molar-refractivity contribution is -0.126. The SMILES string of the molecule is CC(C)[C@@H](CP(c1ccccc1)c1ccccc1)NC(=O)[C@H](NC(=O)OC(C)(C)C)C(C)(C)C. The maximum atomic E-state index is 13.5. The summed E-state index contributed by atoms with van der Waals surface area (Å²) in [6.07, 6.45) is 0.232. The smallest absolute Gasteiger partial charge is 0.408 e. The minimum Gasteiger partial charge on any atom is -0.444 e. The molecule has 2 aromatic rings. The van der Waals surface area contributed by atoms with E-state index in [9.17, 15) is 9.59 Å². The minimum absolute atomic E-state index is 0.0516. The van der Waals surface area contributed by atoms with Gasteiger partial charge in [0.2, 0.25) is 5.91 Å². The Hall–Kier alpha value is -2.39. The van der Waals surface area contributed by atoms with Crippen LogP contribution in [0.2, 0.25) is 0 Å². The van der Waals surface area contributed by atoms with E-state index < -0.39 is 31.1 Å². The second-order valence-electron chi connectivity index (χ2n) is 11.1. The molecule has 0 heterocycles. The van der Waals surface area contributed by atoms with E-state index in [2.05, 4.69) is 73.0 Å². The Kier molecular flexibility index (Phi) is 9.70. The summed E-state index contributed by atoms with van der Waals surface area (Å²) in [6, 6.07) is 20.2. The van der Waals surface area contributed by atoms with Crippen molar-refractivity contribution in [1.82, 2.24) is 10.6 Å². The third-order valence-corrected chi connectivity index (χ3v) is 8.04. The summed E-state index contributed by atoms with van der Waals surface area (Å²) >= 11 is 0. The van der Waals surface area contributed by atoms with Crippen molar-refractivity contribution in [3.8, 4) is 0 Å². The molecular weight excluding hydrogens is 443 g/mol. The number of hydrogen-bond acceptors (Lipinski definition) is 3. The maximum Gasteiger partial charge on any atom is 0.408 e. The number of rotatable bonds is 8. The fraction of sp³-hybridized carbons (Fsp3) is 0.500. The summed E-state index contributed by atoms with van der Waals surface area (Å²) < 4.78 is 5.42. The molecular formula is C28H41N2O3P. The average molecular weight is 485 g/mol. The molecule has 2 atom stereocenters. The molecule has 2 amide bonds. The van der Waals surface area contributed by atoms with Gasteiger partial charge in [-0.05, 0) is 56.8 Å². The molecule has 0 saturated carbocycles. The lowest BCUT2D eigenvalue weighted by atomic mass is 9.86. The van der Waals surface area contributed by atoms with Gasteiger partial charge in [0.15, 0.2) is 0 Å². The van der Waals surface area contributed by atoms with Crippen molar-refractivity contribution < 1.29 is 14.3 Å². The quantitative estimate of drug-likeness (QED) is 0.506. The Balaban J connectivity index is 2.26.